The first-order valence-corrected chi connectivity index (χ1v) is 20.8. The number of methoxy groups -OCH3 is 2. The highest BCUT2D eigenvalue weighted by Gasteiger charge is 2.43. The number of carbonyl (C=O) groups is 4. The maximum absolute atomic E-state index is 14.3. The molecule has 1 aliphatic heterocycles. The summed E-state index contributed by atoms with van der Waals surface area (Å²) < 4.78 is 12.1. The summed E-state index contributed by atoms with van der Waals surface area (Å²) in [5, 5.41) is 9.02. The van der Waals surface area contributed by atoms with E-state index in [1.54, 1.807) is 32.4 Å². The lowest BCUT2D eigenvalue weighted by Crippen LogP contribution is -2.59. The van der Waals surface area contributed by atoms with Crippen molar-refractivity contribution >= 4 is 35.0 Å². The SMILES string of the molecule is CC[C@@H](C)[C@@H](C(CC(=O)N1CCC[C@H]1[C@H](OC)[C@@H](C)C(=O)N[C@H](Cc1ccccc1)c1nccs1)OC)N(C)C(=O)[C@@H](NC(=O)[C@H](C(C)C)N(C)C)C(C)C. The van der Waals surface area contributed by atoms with Gasteiger partial charge in [-0.15, -0.1) is 11.3 Å². The van der Waals surface area contributed by atoms with Gasteiger partial charge in [0.1, 0.15) is 11.0 Å². The number of amides is 4. The molecule has 0 radical (unpaired) electrons. The molecular formula is C42H68N6O6S. The smallest absolute Gasteiger partial charge is 0.245 e. The van der Waals surface area contributed by atoms with Gasteiger partial charge in [-0.2, -0.15) is 0 Å². The molecule has 0 saturated carbocycles. The average Bonchev–Trinajstić information content (AvgIpc) is 3.87. The summed E-state index contributed by atoms with van der Waals surface area (Å²) in [6.45, 7) is 14.3. The Morgan fingerprint density at radius 3 is 2.15 bits per heavy atom. The minimum atomic E-state index is -0.751. The Morgan fingerprint density at radius 2 is 1.62 bits per heavy atom. The molecule has 1 unspecified atom stereocenters. The molecule has 9 atom stereocenters. The molecule has 1 aromatic heterocycles. The molecular weight excluding hydrogens is 717 g/mol. The first-order valence-electron chi connectivity index (χ1n) is 19.9. The van der Waals surface area contributed by atoms with Gasteiger partial charge in [0.05, 0.1) is 48.7 Å². The second kappa shape index (κ2) is 21.8. The predicted molar refractivity (Wildman–Crippen MR) is 218 cm³/mol. The third-order valence-corrected chi connectivity index (χ3v) is 12.2. The number of benzene rings is 1. The summed E-state index contributed by atoms with van der Waals surface area (Å²) in [5.74, 6) is -1.35. The molecule has 1 fully saturated rings. The third kappa shape index (κ3) is 12.1. The number of hydrogen-bond acceptors (Lipinski definition) is 9. The van der Waals surface area contributed by atoms with E-state index in [2.05, 4.69) is 29.5 Å². The molecule has 55 heavy (non-hydrogen) atoms. The number of likely N-dealkylation sites (tertiary alicyclic amines) is 1. The highest BCUT2D eigenvalue weighted by molar-refractivity contribution is 7.09. The molecule has 3 rings (SSSR count). The van der Waals surface area contributed by atoms with Crippen molar-refractivity contribution in [2.75, 3.05) is 41.9 Å². The van der Waals surface area contributed by atoms with E-state index in [4.69, 9.17) is 9.47 Å². The number of carbonyl (C=O) groups excluding carboxylic acids is 4. The third-order valence-electron chi connectivity index (χ3n) is 11.3. The summed E-state index contributed by atoms with van der Waals surface area (Å²) >= 11 is 1.51. The summed E-state index contributed by atoms with van der Waals surface area (Å²) in [5.41, 5.74) is 1.09. The second-order valence-electron chi connectivity index (χ2n) is 16.1. The molecule has 2 N–H and O–H groups in total. The molecule has 13 heteroatoms. The number of thiazole rings is 1. The fourth-order valence-electron chi connectivity index (χ4n) is 8.17. The molecule has 2 aromatic rings. The van der Waals surface area contributed by atoms with Crippen LogP contribution in [0.3, 0.4) is 0 Å². The van der Waals surface area contributed by atoms with Gasteiger partial charge in [-0.05, 0) is 56.7 Å². The van der Waals surface area contributed by atoms with Gasteiger partial charge in [0.25, 0.3) is 0 Å². The zero-order chi connectivity index (χ0) is 41.0. The van der Waals surface area contributed by atoms with Gasteiger partial charge in [0.2, 0.25) is 23.6 Å². The van der Waals surface area contributed by atoms with Crippen LogP contribution in [0, 0.1) is 23.7 Å². The van der Waals surface area contributed by atoms with Crippen molar-refractivity contribution in [2.45, 2.75) is 123 Å². The van der Waals surface area contributed by atoms with Crippen LogP contribution in [0.2, 0.25) is 0 Å². The van der Waals surface area contributed by atoms with Crippen molar-refractivity contribution < 1.29 is 28.7 Å². The molecule has 0 spiro atoms. The average molecular weight is 785 g/mol. The minimum absolute atomic E-state index is 0.00751. The van der Waals surface area contributed by atoms with Gasteiger partial charge in [-0.1, -0.05) is 85.2 Å². The molecule has 12 nitrogen and oxygen atoms in total. The predicted octanol–water partition coefficient (Wildman–Crippen LogP) is 5.19. The Kier molecular flexibility index (Phi) is 18.2. The van der Waals surface area contributed by atoms with Crippen LogP contribution in [0.4, 0.5) is 0 Å². The lowest BCUT2D eigenvalue weighted by atomic mass is 9.89. The first-order chi connectivity index (χ1) is 26.1. The van der Waals surface area contributed by atoms with Gasteiger partial charge < -0.3 is 29.9 Å². The summed E-state index contributed by atoms with van der Waals surface area (Å²) in [7, 11) is 8.66. The van der Waals surface area contributed by atoms with Crippen molar-refractivity contribution in [3.63, 3.8) is 0 Å². The Bertz CT molecular complexity index is 1480. The molecule has 2 heterocycles. The highest BCUT2D eigenvalue weighted by atomic mass is 32.1. The van der Waals surface area contributed by atoms with Crippen molar-refractivity contribution in [2.24, 2.45) is 23.7 Å². The Hall–Kier alpha value is -3.39. The summed E-state index contributed by atoms with van der Waals surface area (Å²) in [4.78, 5) is 65.8. The van der Waals surface area contributed by atoms with Crippen LogP contribution < -0.4 is 10.6 Å². The standard InChI is InChI=1S/C42H68N6O6S/c1-13-28(6)37(47(10)42(52)35(26(2)3)45-40(51)36(27(4)5)46(8)9)33(53-11)25-34(49)48-22-17-20-32(48)38(54-12)29(7)39(50)44-31(41-43-21-23-55-41)24-30-18-15-14-16-19-30/h14-16,18-19,21,23,26-29,31-33,35-38H,13,17,20,22,24-25H2,1-12H3,(H,44,50)(H,45,51)/t28-,29-,31-,32+,33?,35+,36+,37+,38-/m1/s1. The van der Waals surface area contributed by atoms with E-state index in [0.717, 1.165) is 23.4 Å². The number of nitrogens with one attached hydrogen (secondary N) is 2. The maximum Gasteiger partial charge on any atom is 0.245 e. The number of rotatable bonds is 21. The van der Waals surface area contributed by atoms with E-state index in [1.807, 2.05) is 94.2 Å². The van der Waals surface area contributed by atoms with E-state index < -0.39 is 30.2 Å². The van der Waals surface area contributed by atoms with E-state index in [1.165, 1.54) is 11.3 Å². The minimum Gasteiger partial charge on any atom is -0.379 e. The van der Waals surface area contributed by atoms with Gasteiger partial charge in [0, 0.05) is 39.4 Å². The Labute approximate surface area is 334 Å². The van der Waals surface area contributed by atoms with E-state index in [-0.39, 0.29) is 65.9 Å². The highest BCUT2D eigenvalue weighted by Crippen LogP contribution is 2.30. The number of aromatic nitrogens is 1. The van der Waals surface area contributed by atoms with Crippen LogP contribution in [0.25, 0.3) is 0 Å². The van der Waals surface area contributed by atoms with E-state index >= 15 is 0 Å². The van der Waals surface area contributed by atoms with Crippen LogP contribution in [0.15, 0.2) is 41.9 Å². The number of likely N-dealkylation sites (N-methyl/N-ethyl adjacent to an activating group) is 2. The van der Waals surface area contributed by atoms with Crippen molar-refractivity contribution in [3.05, 3.63) is 52.5 Å². The zero-order valence-electron chi connectivity index (χ0n) is 35.3. The normalized spacial score (nSPS) is 19.0. The van der Waals surface area contributed by atoms with Crippen molar-refractivity contribution in [3.8, 4) is 0 Å². The van der Waals surface area contributed by atoms with Crippen LogP contribution in [-0.4, -0.2) is 122 Å². The fourth-order valence-corrected chi connectivity index (χ4v) is 8.86. The van der Waals surface area contributed by atoms with Crippen molar-refractivity contribution in [1.82, 2.24) is 30.3 Å². The molecule has 308 valence electrons. The molecule has 1 aliphatic rings. The quantitative estimate of drug-likeness (QED) is 0.177. The van der Waals surface area contributed by atoms with Crippen LogP contribution >= 0.6 is 11.3 Å². The topological polar surface area (TPSA) is 133 Å². The number of nitrogens with zero attached hydrogens (tertiary/aromatic N) is 4. The van der Waals surface area contributed by atoms with Crippen LogP contribution in [0.1, 0.15) is 90.8 Å². The van der Waals surface area contributed by atoms with Gasteiger partial charge in [0.15, 0.2) is 0 Å². The Morgan fingerprint density at radius 1 is 0.945 bits per heavy atom. The van der Waals surface area contributed by atoms with Crippen LogP contribution in [-0.2, 0) is 35.1 Å². The van der Waals surface area contributed by atoms with Gasteiger partial charge in [-0.3, -0.25) is 24.1 Å². The fraction of sp³-hybridized carbons (Fsp3) is 0.690. The molecule has 0 aliphatic carbocycles. The van der Waals surface area contributed by atoms with Crippen LogP contribution in [0.5, 0.6) is 0 Å². The zero-order valence-corrected chi connectivity index (χ0v) is 36.1. The van der Waals surface area contributed by atoms with E-state index in [9.17, 15) is 19.2 Å². The van der Waals surface area contributed by atoms with Gasteiger partial charge >= 0.3 is 0 Å². The molecule has 1 saturated heterocycles. The summed E-state index contributed by atoms with van der Waals surface area (Å²) in [6.07, 6.45) is 3.49. The summed E-state index contributed by atoms with van der Waals surface area (Å²) in [6, 6.07) is 7.83. The maximum atomic E-state index is 14.3. The van der Waals surface area contributed by atoms with Gasteiger partial charge in [-0.25, -0.2) is 4.98 Å². The molecule has 4 amide bonds. The Balaban J connectivity index is 1.79. The largest absolute Gasteiger partial charge is 0.379 e. The monoisotopic (exact) mass is 784 g/mol. The molecule has 1 aromatic carbocycles. The first kappa shape index (κ1) is 46.0. The molecule has 0 bridgehead atoms. The second-order valence-corrected chi connectivity index (χ2v) is 17.0. The van der Waals surface area contributed by atoms with Crippen molar-refractivity contribution in [1.29, 1.82) is 0 Å². The lowest BCUT2D eigenvalue weighted by Gasteiger charge is -2.41. The number of ether oxygens (including phenoxy) is 2. The lowest BCUT2D eigenvalue weighted by molar-refractivity contribution is -0.148. The van der Waals surface area contributed by atoms with E-state index in [0.29, 0.717) is 19.4 Å². The number of hydrogen-bond donors (Lipinski definition) is 2.